The van der Waals surface area contributed by atoms with Crippen molar-refractivity contribution in [2.75, 3.05) is 23.8 Å². The average molecular weight is 428 g/mol. The van der Waals surface area contributed by atoms with E-state index in [2.05, 4.69) is 20.6 Å². The molecular weight excluding hydrogens is 400 g/mol. The van der Waals surface area contributed by atoms with E-state index in [0.717, 1.165) is 12.8 Å². The van der Waals surface area contributed by atoms with Gasteiger partial charge in [0.15, 0.2) is 5.57 Å². The summed E-state index contributed by atoms with van der Waals surface area (Å²) < 4.78 is 9.85. The fourth-order valence-electron chi connectivity index (χ4n) is 2.91. The molecule has 0 saturated carbocycles. The van der Waals surface area contributed by atoms with Gasteiger partial charge in [-0.05, 0) is 44.9 Å². The van der Waals surface area contributed by atoms with Crippen LogP contribution in [0.4, 0.5) is 11.5 Å². The molecule has 1 amide bonds. The molecule has 2 N–H and O–H groups in total. The third-order valence-corrected chi connectivity index (χ3v) is 4.60. The minimum atomic E-state index is -0.801. The van der Waals surface area contributed by atoms with Crippen molar-refractivity contribution in [1.82, 2.24) is 9.97 Å². The molecule has 1 heterocycles. The van der Waals surface area contributed by atoms with Crippen LogP contribution in [-0.2, 0) is 23.9 Å². The first kappa shape index (κ1) is 23.8. The number of rotatable bonds is 10. The Kier molecular flexibility index (Phi) is 8.93. The highest BCUT2D eigenvalue weighted by Crippen LogP contribution is 2.24. The Hall–Kier alpha value is -3.49. The maximum absolute atomic E-state index is 12.4. The van der Waals surface area contributed by atoms with Gasteiger partial charge in [0.25, 0.3) is 0 Å². The summed E-state index contributed by atoms with van der Waals surface area (Å²) in [5, 5.41) is 6.38. The Labute approximate surface area is 181 Å². The van der Waals surface area contributed by atoms with Crippen LogP contribution in [-0.4, -0.2) is 41.0 Å². The topological polar surface area (TPSA) is 120 Å². The number of benzene rings is 1. The largest absolute Gasteiger partial charge is 0.462 e. The lowest BCUT2D eigenvalue weighted by Crippen LogP contribution is -2.21. The van der Waals surface area contributed by atoms with Gasteiger partial charge >= 0.3 is 11.9 Å². The fourth-order valence-corrected chi connectivity index (χ4v) is 2.91. The summed E-state index contributed by atoms with van der Waals surface area (Å²) in [4.78, 5) is 45.1. The molecule has 0 atom stereocenters. The van der Waals surface area contributed by atoms with Crippen molar-refractivity contribution >= 4 is 40.3 Å². The Morgan fingerprint density at radius 3 is 2.23 bits per heavy atom. The van der Waals surface area contributed by atoms with Crippen molar-refractivity contribution in [3.05, 3.63) is 36.3 Å². The molecule has 1 aromatic carbocycles. The molecule has 31 heavy (non-hydrogen) atoms. The van der Waals surface area contributed by atoms with Crippen LogP contribution in [0.15, 0.2) is 36.3 Å². The molecule has 9 nitrogen and oxygen atoms in total. The summed E-state index contributed by atoms with van der Waals surface area (Å²) in [6.45, 7) is 7.46. The van der Waals surface area contributed by atoms with Crippen molar-refractivity contribution in [1.29, 1.82) is 0 Å². The number of nitrogens with zero attached hydrogens (tertiary/aromatic N) is 2. The summed E-state index contributed by atoms with van der Waals surface area (Å²) in [6.07, 6.45) is 4.06. The highest BCUT2D eigenvalue weighted by Gasteiger charge is 2.21. The Morgan fingerprint density at radius 2 is 1.65 bits per heavy atom. The molecular formula is C22H28N4O5. The van der Waals surface area contributed by atoms with Gasteiger partial charge in [-0.2, -0.15) is 0 Å². The lowest BCUT2D eigenvalue weighted by atomic mass is 10.0. The van der Waals surface area contributed by atoms with E-state index >= 15 is 0 Å². The van der Waals surface area contributed by atoms with Crippen molar-refractivity contribution in [3.63, 3.8) is 0 Å². The van der Waals surface area contributed by atoms with Gasteiger partial charge < -0.3 is 20.1 Å². The predicted octanol–water partition coefficient (Wildman–Crippen LogP) is 3.43. The van der Waals surface area contributed by atoms with Crippen molar-refractivity contribution in [2.24, 2.45) is 5.92 Å². The first-order valence-corrected chi connectivity index (χ1v) is 10.3. The maximum Gasteiger partial charge on any atom is 0.347 e. The molecule has 166 valence electrons. The van der Waals surface area contributed by atoms with E-state index in [-0.39, 0.29) is 30.6 Å². The molecule has 9 heteroatoms. The minimum absolute atomic E-state index is 0.0532. The number of hydrogen-bond acceptors (Lipinski definition) is 8. The van der Waals surface area contributed by atoms with Gasteiger partial charge in [0.1, 0.15) is 12.1 Å². The van der Waals surface area contributed by atoms with Gasteiger partial charge in [-0.1, -0.05) is 13.8 Å². The number of carbonyl (C=O) groups is 3. The summed E-state index contributed by atoms with van der Waals surface area (Å²) in [5.74, 6) is -1.37. The summed E-state index contributed by atoms with van der Waals surface area (Å²) in [7, 11) is 0. The molecule has 2 aromatic rings. The number of anilines is 2. The minimum Gasteiger partial charge on any atom is -0.462 e. The zero-order valence-electron chi connectivity index (χ0n) is 18.2. The predicted molar refractivity (Wildman–Crippen MR) is 117 cm³/mol. The summed E-state index contributed by atoms with van der Waals surface area (Å²) >= 11 is 0. The number of amides is 1. The van der Waals surface area contributed by atoms with Gasteiger partial charge in [-0.15, -0.1) is 0 Å². The second kappa shape index (κ2) is 11.6. The lowest BCUT2D eigenvalue weighted by molar-refractivity contribution is -0.146. The number of ether oxygens (including phenoxy) is 2. The quantitative estimate of drug-likeness (QED) is 0.256. The average Bonchev–Trinajstić information content (AvgIpc) is 2.75. The van der Waals surface area contributed by atoms with E-state index in [4.69, 9.17) is 9.47 Å². The monoisotopic (exact) mass is 428 g/mol. The number of fused-ring (bicyclic) bond motifs is 1. The van der Waals surface area contributed by atoms with Crippen molar-refractivity contribution in [2.45, 2.75) is 40.5 Å². The van der Waals surface area contributed by atoms with Crippen molar-refractivity contribution in [3.8, 4) is 0 Å². The Balaban J connectivity index is 2.35. The third-order valence-electron chi connectivity index (χ3n) is 4.60. The van der Waals surface area contributed by atoms with Crippen LogP contribution in [0.5, 0.6) is 0 Å². The number of nitrogens with one attached hydrogen (secondary N) is 2. The molecule has 0 spiro atoms. The SMILES string of the molecule is CCOC(=O)C(=CNc1ncnc2ccc(NC(=O)C(CC)CC)cc12)C(=O)OCC. The molecule has 0 aliphatic rings. The first-order valence-electron chi connectivity index (χ1n) is 10.3. The standard InChI is InChI=1S/C22H28N4O5/c1-5-14(6-2)20(27)26-15-9-10-18-16(11-15)19(25-13-24-18)23-12-17(21(28)30-7-3)22(29)31-8-4/h9-14H,5-8H2,1-4H3,(H,26,27)(H,23,24,25). The van der Waals surface area contributed by atoms with Crippen LogP contribution in [0.25, 0.3) is 10.9 Å². The molecule has 0 saturated heterocycles. The van der Waals surface area contributed by atoms with Gasteiger partial charge in [0.2, 0.25) is 5.91 Å². The molecule has 0 aliphatic heterocycles. The second-order valence-electron chi connectivity index (χ2n) is 6.60. The van der Waals surface area contributed by atoms with Crippen LogP contribution in [0, 0.1) is 5.92 Å². The third kappa shape index (κ3) is 6.24. The van der Waals surface area contributed by atoms with Crippen LogP contribution >= 0.6 is 0 Å². The molecule has 0 fully saturated rings. The normalized spacial score (nSPS) is 10.5. The van der Waals surface area contributed by atoms with Crippen LogP contribution in [0.1, 0.15) is 40.5 Å². The molecule has 0 aliphatic carbocycles. The number of esters is 2. The van der Waals surface area contributed by atoms with Gasteiger partial charge in [-0.3, -0.25) is 4.79 Å². The second-order valence-corrected chi connectivity index (χ2v) is 6.60. The van der Waals surface area contributed by atoms with Gasteiger partial charge in [0.05, 0.1) is 18.7 Å². The van der Waals surface area contributed by atoms with E-state index in [0.29, 0.717) is 22.4 Å². The Morgan fingerprint density at radius 1 is 1.00 bits per heavy atom. The zero-order valence-corrected chi connectivity index (χ0v) is 18.2. The Bertz CT molecular complexity index is 950. The van der Waals surface area contributed by atoms with Crippen LogP contribution < -0.4 is 10.6 Å². The molecule has 2 rings (SSSR count). The molecule has 0 unspecified atom stereocenters. The maximum atomic E-state index is 12.4. The van der Waals surface area contributed by atoms with Gasteiger partial charge in [-0.25, -0.2) is 19.6 Å². The van der Waals surface area contributed by atoms with Gasteiger partial charge in [0, 0.05) is 23.2 Å². The lowest BCUT2D eigenvalue weighted by Gasteiger charge is -2.13. The fraction of sp³-hybridized carbons (Fsp3) is 0.409. The summed E-state index contributed by atoms with van der Waals surface area (Å²) in [5.41, 5.74) is 0.941. The highest BCUT2D eigenvalue weighted by molar-refractivity contribution is 6.14. The van der Waals surface area contributed by atoms with Crippen LogP contribution in [0.2, 0.25) is 0 Å². The molecule has 0 bridgehead atoms. The van der Waals surface area contributed by atoms with E-state index < -0.39 is 11.9 Å². The van der Waals surface area contributed by atoms with Crippen LogP contribution in [0.3, 0.4) is 0 Å². The summed E-state index contributed by atoms with van der Waals surface area (Å²) in [6, 6.07) is 5.25. The highest BCUT2D eigenvalue weighted by atomic mass is 16.6. The number of aromatic nitrogens is 2. The molecule has 0 radical (unpaired) electrons. The van der Waals surface area contributed by atoms with Crippen molar-refractivity contribution < 1.29 is 23.9 Å². The first-order chi connectivity index (χ1) is 14.9. The smallest absolute Gasteiger partial charge is 0.347 e. The van der Waals surface area contributed by atoms with E-state index in [9.17, 15) is 14.4 Å². The molecule has 1 aromatic heterocycles. The van der Waals surface area contributed by atoms with E-state index in [1.807, 2.05) is 13.8 Å². The number of hydrogen-bond donors (Lipinski definition) is 2. The van der Waals surface area contributed by atoms with E-state index in [1.165, 1.54) is 12.5 Å². The van der Waals surface area contributed by atoms with E-state index in [1.54, 1.807) is 32.0 Å². The zero-order chi connectivity index (χ0) is 22.8. The number of carbonyl (C=O) groups excluding carboxylic acids is 3.